The Balaban J connectivity index is 2.77. The third-order valence-electron chi connectivity index (χ3n) is 3.55. The Hall–Kier alpha value is -1.79. The molecule has 0 spiro atoms. The van der Waals surface area contributed by atoms with Crippen LogP contribution in [0.15, 0.2) is 0 Å². The van der Waals surface area contributed by atoms with Crippen molar-refractivity contribution in [2.45, 2.75) is 45.1 Å². The first kappa shape index (κ1) is 16.3. The minimum atomic E-state index is -1.15. The molecule has 7 heteroatoms. The van der Waals surface area contributed by atoms with Gasteiger partial charge in [0.15, 0.2) is 0 Å². The van der Waals surface area contributed by atoms with Gasteiger partial charge in [0.25, 0.3) is 0 Å². The third kappa shape index (κ3) is 4.71. The molecule has 1 rings (SSSR count). The van der Waals surface area contributed by atoms with E-state index < -0.39 is 24.5 Å². The maximum absolute atomic E-state index is 12.4. The summed E-state index contributed by atoms with van der Waals surface area (Å²) in [5.74, 6) is -1.86. The smallest absolute Gasteiger partial charge is 0.323 e. The highest BCUT2D eigenvalue weighted by Gasteiger charge is 2.29. The van der Waals surface area contributed by atoms with Gasteiger partial charge in [-0.3, -0.25) is 9.59 Å². The number of aliphatic carboxylic acids is 1. The van der Waals surface area contributed by atoms with Crippen molar-refractivity contribution in [1.29, 1.82) is 0 Å². The highest BCUT2D eigenvalue weighted by atomic mass is 16.4. The second kappa shape index (κ2) is 7.72. The number of amides is 3. The van der Waals surface area contributed by atoms with Gasteiger partial charge in [0.05, 0.1) is 0 Å². The molecule has 0 aromatic carbocycles. The number of nitrogens with zero attached hydrogens (tertiary/aromatic N) is 2. The van der Waals surface area contributed by atoms with Crippen LogP contribution in [0.5, 0.6) is 0 Å². The highest BCUT2D eigenvalue weighted by molar-refractivity contribution is 5.86. The van der Waals surface area contributed by atoms with Crippen molar-refractivity contribution >= 4 is 17.9 Å². The summed E-state index contributed by atoms with van der Waals surface area (Å²) in [5.41, 5.74) is 5.08. The van der Waals surface area contributed by atoms with Crippen molar-refractivity contribution < 1.29 is 19.5 Å². The van der Waals surface area contributed by atoms with Crippen LogP contribution in [-0.4, -0.2) is 58.5 Å². The number of carbonyl (C=O) groups is 3. The largest absolute Gasteiger partial charge is 0.480 e. The number of hydrogen-bond acceptors (Lipinski definition) is 3. The number of carboxylic acid groups (broad SMARTS) is 1. The lowest BCUT2D eigenvalue weighted by atomic mass is 9.94. The molecule has 0 saturated heterocycles. The summed E-state index contributed by atoms with van der Waals surface area (Å²) in [6.07, 6.45) is 5.17. The molecular weight excluding hydrogens is 262 g/mol. The van der Waals surface area contributed by atoms with E-state index in [0.29, 0.717) is 6.54 Å². The van der Waals surface area contributed by atoms with Crippen molar-refractivity contribution in [1.82, 2.24) is 9.80 Å². The molecule has 0 bridgehead atoms. The molecule has 0 atom stereocenters. The van der Waals surface area contributed by atoms with E-state index in [1.807, 2.05) is 6.92 Å². The second-order valence-corrected chi connectivity index (χ2v) is 5.08. The maximum Gasteiger partial charge on any atom is 0.323 e. The summed E-state index contributed by atoms with van der Waals surface area (Å²) in [5, 5.41) is 8.85. The summed E-state index contributed by atoms with van der Waals surface area (Å²) in [6, 6.07) is -0.286. The van der Waals surface area contributed by atoms with Crippen molar-refractivity contribution in [3.05, 3.63) is 0 Å². The molecule has 0 aromatic rings. The van der Waals surface area contributed by atoms with E-state index >= 15 is 0 Å². The van der Waals surface area contributed by atoms with E-state index in [1.54, 1.807) is 4.90 Å². The summed E-state index contributed by atoms with van der Waals surface area (Å²) >= 11 is 0. The van der Waals surface area contributed by atoms with Gasteiger partial charge >= 0.3 is 12.0 Å². The van der Waals surface area contributed by atoms with Crippen LogP contribution in [0.2, 0.25) is 0 Å². The summed E-state index contributed by atoms with van der Waals surface area (Å²) < 4.78 is 0. The summed E-state index contributed by atoms with van der Waals surface area (Å²) in [7, 11) is 0. The Morgan fingerprint density at radius 2 is 1.75 bits per heavy atom. The fraction of sp³-hybridized carbons (Fsp3) is 0.769. The lowest BCUT2D eigenvalue weighted by Gasteiger charge is -2.36. The number of hydrogen-bond donors (Lipinski definition) is 2. The standard InChI is InChI=1S/C13H23N3O4/c1-2-16(10-6-4-3-5-7-10)13(20)15(8-11(14)17)9-12(18)19/h10H,2-9H2,1H3,(H2,14,17)(H,18,19). The number of urea groups is 1. The van der Waals surface area contributed by atoms with Gasteiger partial charge in [-0.25, -0.2) is 4.79 Å². The van der Waals surface area contributed by atoms with Gasteiger partial charge in [-0.15, -0.1) is 0 Å². The molecule has 0 heterocycles. The van der Waals surface area contributed by atoms with Crippen molar-refractivity contribution in [3.8, 4) is 0 Å². The predicted octanol–water partition coefficient (Wildman–Crippen LogP) is 0.633. The van der Waals surface area contributed by atoms with E-state index in [9.17, 15) is 14.4 Å². The van der Waals surface area contributed by atoms with Gasteiger partial charge in [0.2, 0.25) is 5.91 Å². The molecule has 7 nitrogen and oxygen atoms in total. The molecule has 0 aromatic heterocycles. The van der Waals surface area contributed by atoms with Crippen LogP contribution < -0.4 is 5.73 Å². The van der Waals surface area contributed by atoms with Crippen molar-refractivity contribution in [3.63, 3.8) is 0 Å². The van der Waals surface area contributed by atoms with E-state index in [0.717, 1.165) is 30.6 Å². The van der Waals surface area contributed by atoms with Crippen molar-refractivity contribution in [2.24, 2.45) is 5.73 Å². The Morgan fingerprint density at radius 1 is 1.15 bits per heavy atom. The topological polar surface area (TPSA) is 104 Å². The van der Waals surface area contributed by atoms with E-state index in [-0.39, 0.29) is 12.6 Å². The van der Waals surface area contributed by atoms with Crippen LogP contribution in [0.1, 0.15) is 39.0 Å². The molecule has 114 valence electrons. The Kier molecular flexibility index (Phi) is 6.27. The van der Waals surface area contributed by atoms with Gasteiger partial charge < -0.3 is 20.6 Å². The van der Waals surface area contributed by atoms with Gasteiger partial charge in [0.1, 0.15) is 13.1 Å². The minimum absolute atomic E-state index is 0.130. The number of rotatable bonds is 6. The van der Waals surface area contributed by atoms with Gasteiger partial charge in [-0.2, -0.15) is 0 Å². The zero-order chi connectivity index (χ0) is 15.1. The fourth-order valence-corrected chi connectivity index (χ4v) is 2.67. The highest BCUT2D eigenvalue weighted by Crippen LogP contribution is 2.23. The molecule has 1 saturated carbocycles. The Morgan fingerprint density at radius 3 is 2.20 bits per heavy atom. The number of carbonyl (C=O) groups excluding carboxylic acids is 2. The molecule has 0 radical (unpaired) electrons. The minimum Gasteiger partial charge on any atom is -0.480 e. The molecule has 1 aliphatic carbocycles. The quantitative estimate of drug-likeness (QED) is 0.747. The zero-order valence-electron chi connectivity index (χ0n) is 11.9. The second-order valence-electron chi connectivity index (χ2n) is 5.08. The Bertz CT molecular complexity index is 351. The lowest BCUT2D eigenvalue weighted by molar-refractivity contribution is -0.138. The van der Waals surface area contributed by atoms with Crippen LogP contribution in [0, 0.1) is 0 Å². The fourth-order valence-electron chi connectivity index (χ4n) is 2.67. The Labute approximate surface area is 118 Å². The van der Waals surface area contributed by atoms with E-state index in [1.165, 1.54) is 6.42 Å². The molecule has 1 aliphatic rings. The molecule has 3 amide bonds. The first-order chi connectivity index (χ1) is 9.45. The van der Waals surface area contributed by atoms with Gasteiger partial charge in [0, 0.05) is 12.6 Å². The number of nitrogens with two attached hydrogens (primary N) is 1. The van der Waals surface area contributed by atoms with Crippen LogP contribution in [0.25, 0.3) is 0 Å². The molecule has 20 heavy (non-hydrogen) atoms. The normalized spacial score (nSPS) is 15.7. The average molecular weight is 285 g/mol. The predicted molar refractivity (Wildman–Crippen MR) is 73.1 cm³/mol. The monoisotopic (exact) mass is 285 g/mol. The molecular formula is C13H23N3O4. The average Bonchev–Trinajstić information content (AvgIpc) is 2.39. The van der Waals surface area contributed by atoms with Crippen LogP contribution in [-0.2, 0) is 9.59 Å². The summed E-state index contributed by atoms with van der Waals surface area (Å²) in [6.45, 7) is 1.48. The van der Waals surface area contributed by atoms with E-state index in [4.69, 9.17) is 10.8 Å². The van der Waals surface area contributed by atoms with Crippen LogP contribution in [0.3, 0.4) is 0 Å². The molecule has 1 fully saturated rings. The van der Waals surface area contributed by atoms with Gasteiger partial charge in [-0.1, -0.05) is 19.3 Å². The van der Waals surface area contributed by atoms with E-state index in [2.05, 4.69) is 0 Å². The molecule has 0 unspecified atom stereocenters. The lowest BCUT2D eigenvalue weighted by Crippen LogP contribution is -2.52. The maximum atomic E-state index is 12.4. The third-order valence-corrected chi connectivity index (χ3v) is 3.55. The SMILES string of the molecule is CCN(C(=O)N(CC(N)=O)CC(=O)O)C1CCCCC1. The van der Waals surface area contributed by atoms with Crippen LogP contribution >= 0.6 is 0 Å². The van der Waals surface area contributed by atoms with Gasteiger partial charge in [-0.05, 0) is 19.8 Å². The molecule has 0 aliphatic heterocycles. The summed E-state index contributed by atoms with van der Waals surface area (Å²) in [4.78, 5) is 36.9. The number of primary amides is 1. The van der Waals surface area contributed by atoms with Crippen LogP contribution in [0.4, 0.5) is 4.79 Å². The first-order valence-electron chi connectivity index (χ1n) is 7.01. The van der Waals surface area contributed by atoms with Crippen molar-refractivity contribution in [2.75, 3.05) is 19.6 Å². The zero-order valence-corrected chi connectivity index (χ0v) is 11.9. The first-order valence-corrected chi connectivity index (χ1v) is 7.01. The molecule has 3 N–H and O–H groups in total. The number of carboxylic acids is 1.